The molecule has 5 rings (SSSR count). The molecule has 5 aromatic rings. The summed E-state index contributed by atoms with van der Waals surface area (Å²) >= 11 is 0. The molecule has 0 saturated carbocycles. The first-order chi connectivity index (χ1) is 15.7. The molecule has 5 heteroatoms. The quantitative estimate of drug-likeness (QED) is 0.409. The lowest BCUT2D eigenvalue weighted by Crippen LogP contribution is -2.27. The van der Waals surface area contributed by atoms with Crippen LogP contribution in [0.25, 0.3) is 27.8 Å². The number of benzene rings is 3. The summed E-state index contributed by atoms with van der Waals surface area (Å²) in [6.07, 6.45) is 4.31. The van der Waals surface area contributed by atoms with E-state index < -0.39 is 0 Å². The number of amides is 1. The summed E-state index contributed by atoms with van der Waals surface area (Å²) in [6, 6.07) is 28.2. The molecular weight excluding hydrogens is 396 g/mol. The molecule has 0 saturated heterocycles. The highest BCUT2D eigenvalue weighted by Gasteiger charge is 2.18. The van der Waals surface area contributed by atoms with Crippen LogP contribution in [-0.2, 0) is 17.8 Å². The maximum atomic E-state index is 13.1. The molecule has 0 fully saturated rings. The molecule has 0 atom stereocenters. The summed E-state index contributed by atoms with van der Waals surface area (Å²) in [5.41, 5.74) is 5.99. The maximum Gasteiger partial charge on any atom is 0.227 e. The highest BCUT2D eigenvalue weighted by atomic mass is 16.2. The summed E-state index contributed by atoms with van der Waals surface area (Å²) in [4.78, 5) is 18.1. The zero-order valence-corrected chi connectivity index (χ0v) is 17.9. The minimum Gasteiger partial charge on any atom is -0.361 e. The van der Waals surface area contributed by atoms with E-state index in [0.717, 1.165) is 39.0 Å². The molecule has 0 aliphatic carbocycles. The van der Waals surface area contributed by atoms with Gasteiger partial charge in [-0.3, -0.25) is 4.79 Å². The van der Waals surface area contributed by atoms with E-state index in [1.165, 1.54) is 0 Å². The van der Waals surface area contributed by atoms with Gasteiger partial charge in [-0.1, -0.05) is 66.7 Å². The summed E-state index contributed by atoms with van der Waals surface area (Å²) in [5, 5.41) is 5.95. The third-order valence-electron chi connectivity index (χ3n) is 5.71. The van der Waals surface area contributed by atoms with Crippen LogP contribution < -0.4 is 0 Å². The highest BCUT2D eigenvalue weighted by Crippen LogP contribution is 2.25. The zero-order chi connectivity index (χ0) is 21.9. The van der Waals surface area contributed by atoms with Crippen molar-refractivity contribution >= 4 is 16.8 Å². The van der Waals surface area contributed by atoms with Gasteiger partial charge < -0.3 is 9.88 Å². The molecule has 0 spiro atoms. The van der Waals surface area contributed by atoms with Crippen LogP contribution in [0.4, 0.5) is 0 Å². The minimum absolute atomic E-state index is 0.0706. The molecule has 0 radical (unpaired) electrons. The van der Waals surface area contributed by atoms with E-state index in [-0.39, 0.29) is 5.91 Å². The van der Waals surface area contributed by atoms with Gasteiger partial charge in [-0.25, -0.2) is 4.68 Å². The smallest absolute Gasteiger partial charge is 0.227 e. The molecule has 0 bridgehead atoms. The molecule has 1 N–H and O–H groups in total. The number of aromatic amines is 1. The van der Waals surface area contributed by atoms with Gasteiger partial charge in [0.05, 0.1) is 17.8 Å². The van der Waals surface area contributed by atoms with E-state index in [1.807, 2.05) is 96.9 Å². The Bertz CT molecular complexity index is 1350. The summed E-state index contributed by atoms with van der Waals surface area (Å²) in [6.45, 7) is 0.484. The fourth-order valence-electron chi connectivity index (χ4n) is 4.00. The van der Waals surface area contributed by atoms with Crippen LogP contribution in [0.2, 0.25) is 0 Å². The minimum atomic E-state index is 0.0706. The van der Waals surface area contributed by atoms with Crippen molar-refractivity contribution in [1.29, 1.82) is 0 Å². The molecule has 3 aromatic carbocycles. The van der Waals surface area contributed by atoms with Crippen LogP contribution in [0.1, 0.15) is 11.1 Å². The molecule has 5 nitrogen and oxygen atoms in total. The Hall–Kier alpha value is -4.12. The average molecular weight is 421 g/mol. The number of nitrogens with one attached hydrogen (secondary N) is 1. The van der Waals surface area contributed by atoms with Gasteiger partial charge in [0.2, 0.25) is 5.91 Å². The van der Waals surface area contributed by atoms with Gasteiger partial charge in [0.1, 0.15) is 0 Å². The van der Waals surface area contributed by atoms with Crippen LogP contribution in [0.15, 0.2) is 97.3 Å². The number of hydrogen-bond acceptors (Lipinski definition) is 2. The number of H-pyrrole nitrogens is 1. The van der Waals surface area contributed by atoms with Crippen molar-refractivity contribution in [3.8, 4) is 16.9 Å². The van der Waals surface area contributed by atoms with E-state index in [9.17, 15) is 4.79 Å². The number of nitrogens with zero attached hydrogens (tertiary/aromatic N) is 3. The van der Waals surface area contributed by atoms with Crippen molar-refractivity contribution in [2.24, 2.45) is 0 Å². The highest BCUT2D eigenvalue weighted by molar-refractivity contribution is 5.88. The van der Waals surface area contributed by atoms with Crippen LogP contribution >= 0.6 is 0 Å². The van der Waals surface area contributed by atoms with Crippen LogP contribution in [0, 0.1) is 0 Å². The second-order valence-electron chi connectivity index (χ2n) is 7.94. The van der Waals surface area contributed by atoms with Gasteiger partial charge in [0.15, 0.2) is 0 Å². The van der Waals surface area contributed by atoms with Gasteiger partial charge >= 0.3 is 0 Å². The van der Waals surface area contributed by atoms with Crippen LogP contribution in [-0.4, -0.2) is 32.6 Å². The number of rotatable bonds is 6. The van der Waals surface area contributed by atoms with Crippen LogP contribution in [0.5, 0.6) is 0 Å². The molecule has 0 aliphatic rings. The SMILES string of the molecule is CN(Cc1cn(-c2ccccc2)nc1-c1ccccc1)C(=O)Cc1c[nH]c2ccccc12. The Balaban J connectivity index is 1.42. The molecule has 158 valence electrons. The molecular formula is C27H24N4O. The first kappa shape index (κ1) is 19.8. The van der Waals surface area contributed by atoms with Gasteiger partial charge in [-0.05, 0) is 23.8 Å². The molecule has 2 aromatic heterocycles. The third-order valence-corrected chi connectivity index (χ3v) is 5.71. The zero-order valence-electron chi connectivity index (χ0n) is 17.9. The molecule has 0 unspecified atom stereocenters. The topological polar surface area (TPSA) is 53.9 Å². The lowest BCUT2D eigenvalue weighted by Gasteiger charge is -2.17. The Labute approximate surface area is 186 Å². The van der Waals surface area contributed by atoms with E-state index in [1.54, 1.807) is 4.90 Å². The lowest BCUT2D eigenvalue weighted by atomic mass is 10.1. The standard InChI is InChI=1S/C27H24N4O/c1-30(26(32)16-21-17-28-25-15-9-8-14-24(21)25)18-22-19-31(23-12-6-3-7-13-23)29-27(22)20-10-4-2-5-11-20/h2-15,17,19,28H,16,18H2,1H3. The summed E-state index contributed by atoms with van der Waals surface area (Å²) in [7, 11) is 1.85. The number of carbonyl (C=O) groups excluding carboxylic acids is 1. The maximum absolute atomic E-state index is 13.1. The lowest BCUT2D eigenvalue weighted by molar-refractivity contribution is -0.129. The van der Waals surface area contributed by atoms with Gasteiger partial charge in [0.25, 0.3) is 0 Å². The number of likely N-dealkylation sites (N-methyl/N-ethyl adjacent to an activating group) is 1. The van der Waals surface area contributed by atoms with Crippen molar-refractivity contribution < 1.29 is 4.79 Å². The number of aromatic nitrogens is 3. The number of para-hydroxylation sites is 2. The Morgan fingerprint density at radius 3 is 2.38 bits per heavy atom. The number of fused-ring (bicyclic) bond motifs is 1. The normalized spacial score (nSPS) is 11.0. The molecule has 1 amide bonds. The predicted octanol–water partition coefficient (Wildman–Crippen LogP) is 5.22. The Morgan fingerprint density at radius 2 is 1.59 bits per heavy atom. The first-order valence-electron chi connectivity index (χ1n) is 10.7. The van der Waals surface area contributed by atoms with Gasteiger partial charge in [-0.2, -0.15) is 5.10 Å². The molecule has 0 aliphatic heterocycles. The number of carbonyl (C=O) groups is 1. The van der Waals surface area contributed by atoms with Crippen molar-refractivity contribution in [1.82, 2.24) is 19.7 Å². The van der Waals surface area contributed by atoms with Crippen LogP contribution in [0.3, 0.4) is 0 Å². The summed E-state index contributed by atoms with van der Waals surface area (Å²) in [5.74, 6) is 0.0706. The van der Waals surface area contributed by atoms with E-state index in [2.05, 4.69) is 17.1 Å². The molecule has 2 heterocycles. The summed E-state index contributed by atoms with van der Waals surface area (Å²) < 4.78 is 1.88. The van der Waals surface area contributed by atoms with Crippen molar-refractivity contribution in [2.45, 2.75) is 13.0 Å². The van der Waals surface area contributed by atoms with E-state index in [0.29, 0.717) is 13.0 Å². The van der Waals surface area contributed by atoms with E-state index in [4.69, 9.17) is 5.10 Å². The predicted molar refractivity (Wildman–Crippen MR) is 127 cm³/mol. The Kier molecular flexibility index (Phi) is 5.30. The van der Waals surface area contributed by atoms with E-state index >= 15 is 0 Å². The fourth-order valence-corrected chi connectivity index (χ4v) is 4.00. The number of hydrogen-bond donors (Lipinski definition) is 1. The molecule has 32 heavy (non-hydrogen) atoms. The third kappa shape index (κ3) is 3.93. The fraction of sp³-hybridized carbons (Fsp3) is 0.111. The largest absolute Gasteiger partial charge is 0.361 e. The average Bonchev–Trinajstić information content (AvgIpc) is 3.45. The van der Waals surface area contributed by atoms with Crippen molar-refractivity contribution in [3.63, 3.8) is 0 Å². The Morgan fingerprint density at radius 1 is 0.906 bits per heavy atom. The van der Waals surface area contributed by atoms with Gasteiger partial charge in [-0.15, -0.1) is 0 Å². The van der Waals surface area contributed by atoms with Gasteiger partial charge in [0, 0.05) is 48.0 Å². The second kappa shape index (κ2) is 8.55. The first-order valence-corrected chi connectivity index (χ1v) is 10.7. The van der Waals surface area contributed by atoms with Crippen molar-refractivity contribution in [2.75, 3.05) is 7.05 Å². The monoisotopic (exact) mass is 420 g/mol. The second-order valence-corrected chi connectivity index (χ2v) is 7.94. The van der Waals surface area contributed by atoms with Crippen molar-refractivity contribution in [3.05, 3.63) is 108 Å².